The third-order valence-corrected chi connectivity index (χ3v) is 4.74. The van der Waals surface area contributed by atoms with E-state index in [0.717, 1.165) is 12.8 Å². The van der Waals surface area contributed by atoms with Gasteiger partial charge in [0.15, 0.2) is 0 Å². The van der Waals surface area contributed by atoms with Crippen molar-refractivity contribution in [2.24, 2.45) is 0 Å². The normalized spacial score (nSPS) is 19.7. The van der Waals surface area contributed by atoms with Gasteiger partial charge in [-0.05, 0) is 31.0 Å². The SMILES string of the molecule is O=c1[nH]c2ccc(S(=O)(=O)NC[C@@H]3CCCO3)cc2[nH]1. The first kappa shape index (κ1) is 13.3. The van der Waals surface area contributed by atoms with Crippen LogP contribution in [0.4, 0.5) is 0 Å². The molecule has 2 aromatic rings. The Kier molecular flexibility index (Phi) is 3.36. The van der Waals surface area contributed by atoms with E-state index < -0.39 is 10.0 Å². The Morgan fingerprint density at radius 2 is 2.10 bits per heavy atom. The molecule has 2 heterocycles. The summed E-state index contributed by atoms with van der Waals surface area (Å²) < 4.78 is 32.3. The topological polar surface area (TPSA) is 104 Å². The third-order valence-electron chi connectivity index (χ3n) is 3.32. The molecule has 3 rings (SSSR count). The zero-order valence-corrected chi connectivity index (χ0v) is 11.5. The minimum absolute atomic E-state index is 0.0550. The van der Waals surface area contributed by atoms with Gasteiger partial charge in [-0.1, -0.05) is 0 Å². The van der Waals surface area contributed by atoms with Crippen LogP contribution in [-0.2, 0) is 14.8 Å². The largest absolute Gasteiger partial charge is 0.377 e. The van der Waals surface area contributed by atoms with Crippen molar-refractivity contribution in [2.45, 2.75) is 23.8 Å². The molecule has 0 aliphatic carbocycles. The molecule has 0 saturated carbocycles. The van der Waals surface area contributed by atoms with E-state index in [1.165, 1.54) is 12.1 Å². The Morgan fingerprint density at radius 3 is 2.85 bits per heavy atom. The second kappa shape index (κ2) is 5.04. The molecular weight excluding hydrogens is 282 g/mol. The van der Waals surface area contributed by atoms with Crippen LogP contribution in [0.3, 0.4) is 0 Å². The summed E-state index contributed by atoms with van der Waals surface area (Å²) in [4.78, 5) is 16.4. The summed E-state index contributed by atoms with van der Waals surface area (Å²) in [6.45, 7) is 0.951. The Bertz CT molecular complexity index is 771. The van der Waals surface area contributed by atoms with Crippen LogP contribution < -0.4 is 10.4 Å². The van der Waals surface area contributed by atoms with Gasteiger partial charge in [-0.2, -0.15) is 0 Å². The van der Waals surface area contributed by atoms with E-state index in [0.29, 0.717) is 17.6 Å². The van der Waals surface area contributed by atoms with E-state index in [1.54, 1.807) is 6.07 Å². The van der Waals surface area contributed by atoms with Crippen LogP contribution in [0.25, 0.3) is 11.0 Å². The first-order valence-electron chi connectivity index (χ1n) is 6.38. The summed E-state index contributed by atoms with van der Waals surface area (Å²) in [6.07, 6.45) is 1.77. The highest BCUT2D eigenvalue weighted by Gasteiger charge is 2.20. The Hall–Kier alpha value is -1.64. The number of H-pyrrole nitrogens is 2. The highest BCUT2D eigenvalue weighted by molar-refractivity contribution is 7.89. The summed E-state index contributed by atoms with van der Waals surface area (Å²) in [7, 11) is -3.60. The molecule has 1 aromatic carbocycles. The number of ether oxygens (including phenoxy) is 1. The molecule has 1 fully saturated rings. The molecule has 20 heavy (non-hydrogen) atoms. The first-order valence-corrected chi connectivity index (χ1v) is 7.86. The number of imidazole rings is 1. The van der Waals surface area contributed by atoms with Crippen LogP contribution >= 0.6 is 0 Å². The zero-order chi connectivity index (χ0) is 14.2. The highest BCUT2D eigenvalue weighted by atomic mass is 32.2. The third kappa shape index (κ3) is 2.62. The van der Waals surface area contributed by atoms with Gasteiger partial charge in [-0.15, -0.1) is 0 Å². The van der Waals surface area contributed by atoms with Gasteiger partial charge in [-0.3, -0.25) is 0 Å². The maximum absolute atomic E-state index is 12.2. The van der Waals surface area contributed by atoms with Crippen LogP contribution in [0.5, 0.6) is 0 Å². The van der Waals surface area contributed by atoms with Gasteiger partial charge in [-0.25, -0.2) is 17.9 Å². The number of nitrogens with one attached hydrogen (secondary N) is 3. The molecule has 1 saturated heterocycles. The summed E-state index contributed by atoms with van der Waals surface area (Å²) in [5.41, 5.74) is 0.685. The fourth-order valence-electron chi connectivity index (χ4n) is 2.27. The lowest BCUT2D eigenvalue weighted by atomic mass is 10.2. The van der Waals surface area contributed by atoms with Crippen molar-refractivity contribution < 1.29 is 13.2 Å². The van der Waals surface area contributed by atoms with Crippen molar-refractivity contribution in [1.82, 2.24) is 14.7 Å². The van der Waals surface area contributed by atoms with Crippen LogP contribution in [0, 0.1) is 0 Å². The molecule has 0 bridgehead atoms. The fraction of sp³-hybridized carbons (Fsp3) is 0.417. The number of benzene rings is 1. The van der Waals surface area contributed by atoms with E-state index in [2.05, 4.69) is 14.7 Å². The zero-order valence-electron chi connectivity index (χ0n) is 10.7. The second-order valence-corrected chi connectivity index (χ2v) is 6.54. The van der Waals surface area contributed by atoms with E-state index in [-0.39, 0.29) is 23.2 Å². The van der Waals surface area contributed by atoms with E-state index in [1.807, 2.05) is 0 Å². The Balaban J connectivity index is 1.82. The van der Waals surface area contributed by atoms with Gasteiger partial charge in [0, 0.05) is 13.2 Å². The number of aromatic amines is 2. The molecule has 7 nitrogen and oxygen atoms in total. The molecule has 1 aromatic heterocycles. The number of rotatable bonds is 4. The molecule has 0 unspecified atom stereocenters. The molecule has 3 N–H and O–H groups in total. The average molecular weight is 297 g/mol. The van der Waals surface area contributed by atoms with Gasteiger partial charge in [0.05, 0.1) is 22.0 Å². The maximum Gasteiger partial charge on any atom is 0.323 e. The molecule has 0 spiro atoms. The molecule has 1 aliphatic rings. The van der Waals surface area contributed by atoms with Crippen molar-refractivity contribution in [3.05, 3.63) is 28.7 Å². The monoisotopic (exact) mass is 297 g/mol. The molecule has 1 atom stereocenters. The number of hydrogen-bond donors (Lipinski definition) is 3. The standard InChI is InChI=1S/C12H15N3O4S/c16-12-14-10-4-3-9(6-11(10)15-12)20(17,18)13-7-8-2-1-5-19-8/h3-4,6,8,13H,1-2,5,7H2,(H2,14,15,16)/t8-/m0/s1. The smallest absolute Gasteiger partial charge is 0.323 e. The van der Waals surface area contributed by atoms with E-state index >= 15 is 0 Å². The minimum atomic E-state index is -3.60. The molecule has 0 amide bonds. The summed E-state index contributed by atoms with van der Waals surface area (Å²) >= 11 is 0. The van der Waals surface area contributed by atoms with Gasteiger partial charge in [0.1, 0.15) is 0 Å². The first-order chi connectivity index (χ1) is 9.54. The van der Waals surface area contributed by atoms with E-state index in [4.69, 9.17) is 4.74 Å². The second-order valence-electron chi connectivity index (χ2n) is 4.77. The lowest BCUT2D eigenvalue weighted by molar-refractivity contribution is 0.114. The van der Waals surface area contributed by atoms with Gasteiger partial charge in [0.2, 0.25) is 10.0 Å². The average Bonchev–Trinajstić information content (AvgIpc) is 3.03. The predicted octanol–water partition coefficient (Wildman–Crippen LogP) is 0.313. The Labute approximate surface area is 115 Å². The van der Waals surface area contributed by atoms with Crippen LogP contribution in [0.1, 0.15) is 12.8 Å². The van der Waals surface area contributed by atoms with Crippen LogP contribution in [0.15, 0.2) is 27.9 Å². The number of aromatic nitrogens is 2. The van der Waals surface area contributed by atoms with Crippen molar-refractivity contribution >= 4 is 21.1 Å². The van der Waals surface area contributed by atoms with Gasteiger partial charge >= 0.3 is 5.69 Å². The molecule has 8 heteroatoms. The highest BCUT2D eigenvalue weighted by Crippen LogP contribution is 2.16. The van der Waals surface area contributed by atoms with Gasteiger partial charge < -0.3 is 14.7 Å². The lowest BCUT2D eigenvalue weighted by Gasteiger charge is -2.11. The maximum atomic E-state index is 12.2. The van der Waals surface area contributed by atoms with Crippen LogP contribution in [0.2, 0.25) is 0 Å². The minimum Gasteiger partial charge on any atom is -0.377 e. The molecule has 0 radical (unpaired) electrons. The Morgan fingerprint density at radius 1 is 1.30 bits per heavy atom. The molecule has 1 aliphatic heterocycles. The molecular formula is C12H15N3O4S. The van der Waals surface area contributed by atoms with Crippen LogP contribution in [-0.4, -0.2) is 37.6 Å². The van der Waals surface area contributed by atoms with Gasteiger partial charge in [0.25, 0.3) is 0 Å². The summed E-state index contributed by atoms with van der Waals surface area (Å²) in [6, 6.07) is 4.46. The van der Waals surface area contributed by atoms with E-state index in [9.17, 15) is 13.2 Å². The predicted molar refractivity (Wildman–Crippen MR) is 73.1 cm³/mol. The lowest BCUT2D eigenvalue weighted by Crippen LogP contribution is -2.31. The van der Waals surface area contributed by atoms with Crippen molar-refractivity contribution in [2.75, 3.05) is 13.2 Å². The van der Waals surface area contributed by atoms with Crippen molar-refractivity contribution in [3.8, 4) is 0 Å². The van der Waals surface area contributed by atoms with Crippen molar-refractivity contribution in [1.29, 1.82) is 0 Å². The molecule has 108 valence electrons. The fourth-order valence-corrected chi connectivity index (χ4v) is 3.36. The number of sulfonamides is 1. The summed E-state index contributed by atoms with van der Waals surface area (Å²) in [5, 5.41) is 0. The number of fused-ring (bicyclic) bond motifs is 1. The van der Waals surface area contributed by atoms with Crippen molar-refractivity contribution in [3.63, 3.8) is 0 Å². The quantitative estimate of drug-likeness (QED) is 0.755. The number of hydrogen-bond acceptors (Lipinski definition) is 4. The summed E-state index contributed by atoms with van der Waals surface area (Å²) in [5.74, 6) is 0.